The van der Waals surface area contributed by atoms with Gasteiger partial charge in [0.15, 0.2) is 0 Å². The van der Waals surface area contributed by atoms with Gasteiger partial charge in [0.2, 0.25) is 0 Å². The van der Waals surface area contributed by atoms with Crippen molar-refractivity contribution in [2.75, 3.05) is 6.54 Å². The van der Waals surface area contributed by atoms with Crippen LogP contribution in [0.25, 0.3) is 0 Å². The van der Waals surface area contributed by atoms with Gasteiger partial charge in [0.1, 0.15) is 0 Å². The van der Waals surface area contributed by atoms with Gasteiger partial charge < -0.3 is 5.32 Å². The first kappa shape index (κ1) is 11.7. The van der Waals surface area contributed by atoms with Gasteiger partial charge in [-0.25, -0.2) is 0 Å². The first-order chi connectivity index (χ1) is 7.59. The highest BCUT2D eigenvalue weighted by Crippen LogP contribution is 2.39. The van der Waals surface area contributed by atoms with Crippen LogP contribution >= 0.6 is 0 Å². The molecule has 0 heterocycles. The average Bonchev–Trinajstić information content (AvgIpc) is 2.21. The Morgan fingerprint density at radius 2 is 2.00 bits per heavy atom. The topological polar surface area (TPSA) is 12.0 Å². The van der Waals surface area contributed by atoms with Crippen LogP contribution in [0, 0.1) is 19.3 Å². The third-order valence-electron chi connectivity index (χ3n) is 3.93. The van der Waals surface area contributed by atoms with Crippen molar-refractivity contribution in [2.45, 2.75) is 46.6 Å². The minimum atomic E-state index is 0.581. The molecule has 1 fully saturated rings. The molecule has 1 aliphatic rings. The fourth-order valence-electron chi connectivity index (χ4n) is 2.45. The van der Waals surface area contributed by atoms with Gasteiger partial charge in [-0.05, 0) is 43.2 Å². The van der Waals surface area contributed by atoms with Gasteiger partial charge in [0.05, 0.1) is 0 Å². The van der Waals surface area contributed by atoms with Crippen LogP contribution in [0.15, 0.2) is 18.2 Å². The summed E-state index contributed by atoms with van der Waals surface area (Å²) < 4.78 is 0. The van der Waals surface area contributed by atoms with Crippen LogP contribution in [0.4, 0.5) is 0 Å². The monoisotopic (exact) mass is 217 g/mol. The molecule has 1 N–H and O–H groups in total. The standard InChI is InChI=1S/C15H23N/c1-12-5-6-13(2)14(9-12)10-16-11-15(3)7-4-8-15/h5-6,9,16H,4,7-8,10-11H2,1-3H3. The van der Waals surface area contributed by atoms with Crippen molar-refractivity contribution in [1.82, 2.24) is 5.32 Å². The number of benzene rings is 1. The van der Waals surface area contributed by atoms with Crippen molar-refractivity contribution < 1.29 is 0 Å². The van der Waals surface area contributed by atoms with E-state index in [-0.39, 0.29) is 0 Å². The second-order valence-electron chi connectivity index (χ2n) is 5.70. The molecular formula is C15H23N. The van der Waals surface area contributed by atoms with Crippen molar-refractivity contribution >= 4 is 0 Å². The van der Waals surface area contributed by atoms with E-state index in [9.17, 15) is 0 Å². The second-order valence-corrected chi connectivity index (χ2v) is 5.70. The minimum absolute atomic E-state index is 0.581. The number of hydrogen-bond donors (Lipinski definition) is 1. The zero-order chi connectivity index (χ0) is 11.6. The first-order valence-electron chi connectivity index (χ1n) is 6.36. The Morgan fingerprint density at radius 1 is 1.25 bits per heavy atom. The Morgan fingerprint density at radius 3 is 2.62 bits per heavy atom. The van der Waals surface area contributed by atoms with Gasteiger partial charge in [-0.2, -0.15) is 0 Å². The molecular weight excluding hydrogens is 194 g/mol. The van der Waals surface area contributed by atoms with E-state index >= 15 is 0 Å². The highest BCUT2D eigenvalue weighted by atomic mass is 14.9. The normalized spacial score (nSPS) is 18.2. The third kappa shape index (κ3) is 2.65. The molecule has 0 aromatic heterocycles. The summed E-state index contributed by atoms with van der Waals surface area (Å²) in [5.74, 6) is 0. The number of rotatable bonds is 4. The predicted octanol–water partition coefficient (Wildman–Crippen LogP) is 3.58. The van der Waals surface area contributed by atoms with E-state index in [0.29, 0.717) is 5.41 Å². The van der Waals surface area contributed by atoms with Gasteiger partial charge >= 0.3 is 0 Å². The van der Waals surface area contributed by atoms with E-state index in [2.05, 4.69) is 44.3 Å². The summed E-state index contributed by atoms with van der Waals surface area (Å²) in [4.78, 5) is 0. The molecule has 0 bridgehead atoms. The van der Waals surface area contributed by atoms with Crippen LogP contribution in [0.3, 0.4) is 0 Å². The summed E-state index contributed by atoms with van der Waals surface area (Å²) in [5, 5.41) is 3.61. The molecule has 1 aromatic carbocycles. The van der Waals surface area contributed by atoms with Gasteiger partial charge in [0.25, 0.3) is 0 Å². The molecule has 88 valence electrons. The molecule has 0 amide bonds. The lowest BCUT2D eigenvalue weighted by Crippen LogP contribution is -2.37. The van der Waals surface area contributed by atoms with E-state index in [4.69, 9.17) is 0 Å². The Bertz CT molecular complexity index is 364. The lowest BCUT2D eigenvalue weighted by Gasteiger charge is -2.38. The van der Waals surface area contributed by atoms with Crippen LogP contribution in [0.5, 0.6) is 0 Å². The van der Waals surface area contributed by atoms with Crippen LogP contribution in [0.1, 0.15) is 42.9 Å². The minimum Gasteiger partial charge on any atom is -0.312 e. The highest BCUT2D eigenvalue weighted by Gasteiger charge is 2.30. The van der Waals surface area contributed by atoms with Gasteiger partial charge in [-0.3, -0.25) is 0 Å². The molecule has 1 aliphatic carbocycles. The van der Waals surface area contributed by atoms with Gasteiger partial charge in [-0.15, -0.1) is 0 Å². The van der Waals surface area contributed by atoms with E-state index < -0.39 is 0 Å². The number of hydrogen-bond acceptors (Lipinski definition) is 1. The largest absolute Gasteiger partial charge is 0.312 e. The number of nitrogens with one attached hydrogen (secondary N) is 1. The highest BCUT2D eigenvalue weighted by molar-refractivity contribution is 5.30. The van der Waals surface area contributed by atoms with Crippen molar-refractivity contribution in [1.29, 1.82) is 0 Å². The van der Waals surface area contributed by atoms with Gasteiger partial charge in [-0.1, -0.05) is 37.1 Å². The molecule has 0 aliphatic heterocycles. The molecule has 0 spiro atoms. The summed E-state index contributed by atoms with van der Waals surface area (Å²) in [6.45, 7) is 8.94. The van der Waals surface area contributed by atoms with Crippen LogP contribution < -0.4 is 5.32 Å². The summed E-state index contributed by atoms with van der Waals surface area (Å²) in [7, 11) is 0. The molecule has 0 atom stereocenters. The first-order valence-corrected chi connectivity index (χ1v) is 6.36. The Hall–Kier alpha value is -0.820. The molecule has 1 heteroatoms. The summed E-state index contributed by atoms with van der Waals surface area (Å²) in [6, 6.07) is 6.70. The fraction of sp³-hybridized carbons (Fsp3) is 0.600. The van der Waals surface area contributed by atoms with Crippen LogP contribution in [0.2, 0.25) is 0 Å². The Balaban J connectivity index is 1.87. The lowest BCUT2D eigenvalue weighted by molar-refractivity contribution is 0.156. The van der Waals surface area contributed by atoms with Crippen LogP contribution in [-0.2, 0) is 6.54 Å². The fourth-order valence-corrected chi connectivity index (χ4v) is 2.45. The predicted molar refractivity (Wildman–Crippen MR) is 69.6 cm³/mol. The smallest absolute Gasteiger partial charge is 0.0208 e. The SMILES string of the molecule is Cc1ccc(C)c(CNCC2(C)CCC2)c1. The van der Waals surface area contributed by atoms with Crippen molar-refractivity contribution in [3.05, 3.63) is 34.9 Å². The maximum Gasteiger partial charge on any atom is 0.0208 e. The molecule has 1 saturated carbocycles. The number of aryl methyl sites for hydroxylation is 2. The van der Waals surface area contributed by atoms with Crippen molar-refractivity contribution in [3.8, 4) is 0 Å². The molecule has 1 nitrogen and oxygen atoms in total. The molecule has 0 unspecified atom stereocenters. The van der Waals surface area contributed by atoms with Gasteiger partial charge in [0, 0.05) is 13.1 Å². The summed E-state index contributed by atoms with van der Waals surface area (Å²) in [6.07, 6.45) is 4.21. The molecule has 16 heavy (non-hydrogen) atoms. The molecule has 2 rings (SSSR count). The zero-order valence-electron chi connectivity index (χ0n) is 10.8. The lowest BCUT2D eigenvalue weighted by atomic mass is 9.70. The van der Waals surface area contributed by atoms with Crippen LogP contribution in [-0.4, -0.2) is 6.54 Å². The molecule has 0 radical (unpaired) electrons. The maximum atomic E-state index is 3.61. The van der Waals surface area contributed by atoms with Crippen molar-refractivity contribution in [2.24, 2.45) is 5.41 Å². The quantitative estimate of drug-likeness (QED) is 0.813. The molecule has 0 saturated heterocycles. The van der Waals surface area contributed by atoms with E-state index in [1.165, 1.54) is 42.5 Å². The van der Waals surface area contributed by atoms with E-state index in [0.717, 1.165) is 6.54 Å². The van der Waals surface area contributed by atoms with E-state index in [1.54, 1.807) is 0 Å². The average molecular weight is 217 g/mol. The van der Waals surface area contributed by atoms with E-state index in [1.807, 2.05) is 0 Å². The zero-order valence-corrected chi connectivity index (χ0v) is 10.8. The second kappa shape index (κ2) is 4.58. The van der Waals surface area contributed by atoms with Crippen molar-refractivity contribution in [3.63, 3.8) is 0 Å². The maximum absolute atomic E-state index is 3.61. The summed E-state index contributed by atoms with van der Waals surface area (Å²) in [5.41, 5.74) is 4.79. The Kier molecular flexibility index (Phi) is 3.34. The Labute approximate surface area is 99.3 Å². The summed E-state index contributed by atoms with van der Waals surface area (Å²) >= 11 is 0. The third-order valence-corrected chi connectivity index (χ3v) is 3.93. The molecule has 1 aromatic rings.